The van der Waals surface area contributed by atoms with Crippen molar-refractivity contribution in [3.63, 3.8) is 0 Å². The third-order valence-corrected chi connectivity index (χ3v) is 9.29. The monoisotopic (exact) mass is 710 g/mol. The number of esters is 3. The van der Waals surface area contributed by atoms with Crippen LogP contribution in [0.3, 0.4) is 0 Å². The predicted molar refractivity (Wildman–Crippen MR) is 210 cm³/mol. The van der Waals surface area contributed by atoms with Gasteiger partial charge >= 0.3 is 17.9 Å². The van der Waals surface area contributed by atoms with Crippen LogP contribution in [0.4, 0.5) is 0 Å². The van der Waals surface area contributed by atoms with E-state index in [9.17, 15) is 19.2 Å². The van der Waals surface area contributed by atoms with Gasteiger partial charge in [-0.3, -0.25) is 19.2 Å². The molecule has 4 aromatic carbocycles. The maximum atomic E-state index is 14.3. The van der Waals surface area contributed by atoms with E-state index in [0.717, 1.165) is 11.1 Å². The molecule has 0 radical (unpaired) electrons. The smallest absolute Gasteiger partial charge is 0.327 e. The molecule has 0 heterocycles. The van der Waals surface area contributed by atoms with E-state index in [1.165, 1.54) is 6.92 Å². The van der Waals surface area contributed by atoms with Gasteiger partial charge in [0.15, 0.2) is 5.41 Å². The van der Waals surface area contributed by atoms with Gasteiger partial charge in [0.25, 0.3) is 0 Å². The van der Waals surface area contributed by atoms with Gasteiger partial charge in [-0.05, 0) is 84.1 Å². The molecule has 0 N–H and O–H groups in total. The molecular weight excluding hydrogens is 664 g/mol. The van der Waals surface area contributed by atoms with E-state index in [2.05, 4.69) is 26.3 Å². The van der Waals surface area contributed by atoms with Crippen molar-refractivity contribution in [2.24, 2.45) is 10.8 Å². The quantitative estimate of drug-likeness (QED) is 0.0543. The van der Waals surface area contributed by atoms with Gasteiger partial charge in [0, 0.05) is 0 Å². The average Bonchev–Trinajstić information content (AvgIpc) is 3.18. The molecule has 0 bridgehead atoms. The molecule has 0 amide bonds. The summed E-state index contributed by atoms with van der Waals surface area (Å²) in [6.45, 7) is 18.9. The van der Waals surface area contributed by atoms with Crippen LogP contribution in [-0.2, 0) is 33.4 Å². The summed E-state index contributed by atoms with van der Waals surface area (Å²) < 4.78 is 16.8. The standard InChI is InChI=1S/C46H46O7/c1-7-51-43(49)46(30-35(4)40-24-16-10-17-25-40,31-36(5)41-26-18-11-19-27-41)44(50)53-32-52-42(48)45(37(6)47,28-33(2)38-20-12-8-13-21-38)29-34(3)39-22-14-9-15-23-39/h8-27H,2-5,7,28-32H2,1,6H3. The molecule has 0 aromatic heterocycles. The maximum Gasteiger partial charge on any atom is 0.327 e. The Bertz CT molecular complexity index is 1840. The Balaban J connectivity index is 1.66. The van der Waals surface area contributed by atoms with E-state index in [0.29, 0.717) is 33.4 Å². The summed E-state index contributed by atoms with van der Waals surface area (Å²) in [4.78, 5) is 56.0. The number of ether oxygens (including phenoxy) is 3. The summed E-state index contributed by atoms with van der Waals surface area (Å²) in [5, 5.41) is 0. The summed E-state index contributed by atoms with van der Waals surface area (Å²) in [5.74, 6) is -3.21. The highest BCUT2D eigenvalue weighted by molar-refractivity contribution is 6.06. The number of Topliss-reactive ketones (excluding diaryl/α,β-unsaturated/α-hetero) is 1. The fourth-order valence-electron chi connectivity index (χ4n) is 6.28. The summed E-state index contributed by atoms with van der Waals surface area (Å²) in [7, 11) is 0. The summed E-state index contributed by atoms with van der Waals surface area (Å²) in [6, 6.07) is 36.7. The molecule has 7 nitrogen and oxygen atoms in total. The van der Waals surface area contributed by atoms with E-state index < -0.39 is 41.3 Å². The zero-order valence-corrected chi connectivity index (χ0v) is 30.5. The van der Waals surface area contributed by atoms with E-state index >= 15 is 0 Å². The molecular formula is C46H46O7. The first kappa shape index (κ1) is 39.7. The SMILES string of the molecule is C=C(CC(CC(=C)c1ccccc1)(C(C)=O)C(=O)OCOC(=O)C(CC(=C)c1ccccc1)(CC(=C)c1ccccc1)C(=O)OCC)c1ccccc1. The number of hydrogen-bond acceptors (Lipinski definition) is 7. The highest BCUT2D eigenvalue weighted by atomic mass is 16.7. The zero-order chi connectivity index (χ0) is 38.4. The first-order valence-electron chi connectivity index (χ1n) is 17.4. The first-order valence-corrected chi connectivity index (χ1v) is 17.4. The number of ketones is 1. The second-order valence-corrected chi connectivity index (χ2v) is 13.0. The summed E-state index contributed by atoms with van der Waals surface area (Å²) >= 11 is 0. The maximum absolute atomic E-state index is 14.3. The van der Waals surface area contributed by atoms with Crippen LogP contribution in [0.1, 0.15) is 61.8 Å². The Kier molecular flexibility index (Phi) is 13.8. The number of benzene rings is 4. The van der Waals surface area contributed by atoms with E-state index in [-0.39, 0.29) is 32.3 Å². The molecule has 4 aromatic rings. The van der Waals surface area contributed by atoms with Gasteiger partial charge in [-0.1, -0.05) is 148 Å². The predicted octanol–water partition coefficient (Wildman–Crippen LogP) is 9.57. The Hall–Kier alpha value is -6.08. The fourth-order valence-corrected chi connectivity index (χ4v) is 6.28. The topological polar surface area (TPSA) is 96.0 Å². The lowest BCUT2D eigenvalue weighted by molar-refractivity contribution is -0.185. The van der Waals surface area contributed by atoms with Gasteiger partial charge in [-0.25, -0.2) is 0 Å². The average molecular weight is 711 g/mol. The van der Waals surface area contributed by atoms with Crippen LogP contribution in [0.5, 0.6) is 0 Å². The molecule has 0 saturated heterocycles. The van der Waals surface area contributed by atoms with Crippen LogP contribution in [0, 0.1) is 10.8 Å². The van der Waals surface area contributed by atoms with Crippen molar-refractivity contribution in [1.29, 1.82) is 0 Å². The Morgan fingerprint density at radius 2 is 0.717 bits per heavy atom. The molecule has 0 aliphatic rings. The number of carbonyl (C=O) groups excluding carboxylic acids is 4. The highest BCUT2D eigenvalue weighted by Gasteiger charge is 2.51. The zero-order valence-electron chi connectivity index (χ0n) is 30.5. The molecule has 0 aliphatic carbocycles. The normalized spacial score (nSPS) is 11.1. The molecule has 53 heavy (non-hydrogen) atoms. The number of rotatable bonds is 19. The Labute approximate surface area is 312 Å². The lowest BCUT2D eigenvalue weighted by atomic mass is 9.72. The number of allylic oxidation sites excluding steroid dienone is 4. The van der Waals surface area contributed by atoms with E-state index in [1.54, 1.807) is 6.92 Å². The van der Waals surface area contributed by atoms with Crippen LogP contribution in [0.25, 0.3) is 22.3 Å². The molecule has 0 unspecified atom stereocenters. The highest BCUT2D eigenvalue weighted by Crippen LogP contribution is 2.43. The molecule has 0 spiro atoms. The van der Waals surface area contributed by atoms with Gasteiger partial charge < -0.3 is 14.2 Å². The van der Waals surface area contributed by atoms with Gasteiger partial charge in [0.05, 0.1) is 6.61 Å². The summed E-state index contributed by atoms with van der Waals surface area (Å²) in [6.07, 6.45) is -0.490. The third kappa shape index (κ3) is 9.83. The largest absolute Gasteiger partial charge is 0.465 e. The van der Waals surface area contributed by atoms with Gasteiger partial charge in [-0.15, -0.1) is 0 Å². The second-order valence-electron chi connectivity index (χ2n) is 13.0. The van der Waals surface area contributed by atoms with Gasteiger partial charge in [0.2, 0.25) is 6.79 Å². The van der Waals surface area contributed by atoms with Crippen molar-refractivity contribution in [3.8, 4) is 0 Å². The minimum Gasteiger partial charge on any atom is -0.465 e. The van der Waals surface area contributed by atoms with Crippen LogP contribution in [0.2, 0.25) is 0 Å². The fraction of sp³-hybridized carbons (Fsp3) is 0.217. The van der Waals surface area contributed by atoms with Crippen molar-refractivity contribution < 1.29 is 33.4 Å². The van der Waals surface area contributed by atoms with Crippen molar-refractivity contribution in [2.45, 2.75) is 39.5 Å². The van der Waals surface area contributed by atoms with Gasteiger partial charge in [0.1, 0.15) is 11.2 Å². The van der Waals surface area contributed by atoms with Crippen molar-refractivity contribution in [3.05, 3.63) is 170 Å². The third-order valence-electron chi connectivity index (χ3n) is 9.29. The minimum atomic E-state index is -1.94. The molecule has 0 fully saturated rings. The van der Waals surface area contributed by atoms with Crippen LogP contribution >= 0.6 is 0 Å². The van der Waals surface area contributed by atoms with Crippen molar-refractivity contribution in [2.75, 3.05) is 13.4 Å². The molecule has 4 rings (SSSR count). The van der Waals surface area contributed by atoms with Crippen molar-refractivity contribution in [1.82, 2.24) is 0 Å². The second kappa shape index (κ2) is 18.4. The van der Waals surface area contributed by atoms with Gasteiger partial charge in [-0.2, -0.15) is 0 Å². The van der Waals surface area contributed by atoms with E-state index in [4.69, 9.17) is 14.2 Å². The van der Waals surface area contributed by atoms with Crippen LogP contribution in [-0.4, -0.2) is 37.1 Å². The molecule has 0 aliphatic heterocycles. The number of carbonyl (C=O) groups is 4. The Morgan fingerprint density at radius 1 is 0.453 bits per heavy atom. The lowest BCUT2D eigenvalue weighted by Gasteiger charge is -2.32. The minimum absolute atomic E-state index is 0.00376. The Morgan fingerprint density at radius 3 is 1.00 bits per heavy atom. The van der Waals surface area contributed by atoms with Crippen LogP contribution < -0.4 is 0 Å². The lowest BCUT2D eigenvalue weighted by Crippen LogP contribution is -2.44. The van der Waals surface area contributed by atoms with Crippen LogP contribution in [0.15, 0.2) is 148 Å². The molecule has 272 valence electrons. The van der Waals surface area contributed by atoms with E-state index in [1.807, 2.05) is 121 Å². The molecule has 0 atom stereocenters. The van der Waals surface area contributed by atoms with Crippen molar-refractivity contribution >= 4 is 46.0 Å². The first-order chi connectivity index (χ1) is 25.4. The summed E-state index contributed by atoms with van der Waals surface area (Å²) in [5.41, 5.74) is 1.29. The number of hydrogen-bond donors (Lipinski definition) is 0. The molecule has 7 heteroatoms. The molecule has 0 saturated carbocycles.